The van der Waals surface area contributed by atoms with Gasteiger partial charge in [-0.25, -0.2) is 4.39 Å². The molecular formula is C27H33FN8O2. The van der Waals surface area contributed by atoms with Crippen LogP contribution >= 0.6 is 0 Å². The number of likely N-dealkylation sites (tertiary alicyclic amines) is 1. The molecule has 2 N–H and O–H groups in total. The van der Waals surface area contributed by atoms with Crippen molar-refractivity contribution >= 4 is 28.6 Å². The molecular weight excluding hydrogens is 487 g/mol. The monoisotopic (exact) mass is 520 g/mol. The van der Waals surface area contributed by atoms with E-state index in [0.717, 1.165) is 17.6 Å². The first-order valence-electron chi connectivity index (χ1n) is 12.7. The van der Waals surface area contributed by atoms with Gasteiger partial charge in [0.15, 0.2) is 0 Å². The fraction of sp³-hybridized carbons (Fsp3) is 0.407. The van der Waals surface area contributed by atoms with Gasteiger partial charge in [-0.05, 0) is 57.6 Å². The number of amides is 1. The number of fused-ring (bicyclic) bond motifs is 1. The molecule has 10 nitrogen and oxygen atoms in total. The summed E-state index contributed by atoms with van der Waals surface area (Å²) in [5, 5.41) is 15.8. The summed E-state index contributed by atoms with van der Waals surface area (Å²) < 4.78 is 23.6. The summed E-state index contributed by atoms with van der Waals surface area (Å²) in [4.78, 5) is 19.0. The fourth-order valence-corrected chi connectivity index (χ4v) is 4.62. The Morgan fingerprint density at radius 2 is 2.13 bits per heavy atom. The smallest absolute Gasteiger partial charge is 0.291 e. The van der Waals surface area contributed by atoms with Gasteiger partial charge in [-0.2, -0.15) is 14.8 Å². The van der Waals surface area contributed by atoms with E-state index in [4.69, 9.17) is 9.62 Å². The van der Waals surface area contributed by atoms with E-state index >= 15 is 0 Å². The van der Waals surface area contributed by atoms with Gasteiger partial charge in [0.2, 0.25) is 5.89 Å². The zero-order valence-electron chi connectivity index (χ0n) is 22.1. The van der Waals surface area contributed by atoms with Crippen LogP contribution in [-0.4, -0.2) is 67.6 Å². The summed E-state index contributed by atoms with van der Waals surface area (Å²) in [5.74, 6) is 0.219. The summed E-state index contributed by atoms with van der Waals surface area (Å²) in [5.41, 5.74) is 2.51. The first-order valence-corrected chi connectivity index (χ1v) is 12.7. The normalized spacial score (nSPS) is 18.6. The molecule has 3 aromatic heterocycles. The van der Waals surface area contributed by atoms with E-state index in [9.17, 15) is 9.18 Å². The molecule has 4 heterocycles. The average Bonchev–Trinajstić information content (AvgIpc) is 3.62. The third-order valence-electron chi connectivity index (χ3n) is 6.80. The highest BCUT2D eigenvalue weighted by Crippen LogP contribution is 2.29. The summed E-state index contributed by atoms with van der Waals surface area (Å²) in [6.07, 6.45) is 5.08. The molecule has 0 aliphatic carbocycles. The van der Waals surface area contributed by atoms with Crippen molar-refractivity contribution in [3.05, 3.63) is 60.4 Å². The van der Waals surface area contributed by atoms with Crippen LogP contribution in [0.3, 0.4) is 0 Å². The highest BCUT2D eigenvalue weighted by molar-refractivity contribution is 5.96. The lowest BCUT2D eigenvalue weighted by molar-refractivity contribution is 0.0946. The number of hydrogen-bond donors (Lipinski definition) is 2. The average molecular weight is 521 g/mol. The van der Waals surface area contributed by atoms with Crippen molar-refractivity contribution in [2.45, 2.75) is 51.5 Å². The second kappa shape index (κ2) is 10.1. The minimum absolute atomic E-state index is 0.0670. The molecule has 1 aliphatic heterocycles. The SMILES string of the molecule is C=Cc1c2cccc(N[C@@H]3CCN(C)C[C@@H]3F)c2nn1-c1noc(CNC(=O)c2ccn(C(C)(C)C)c2)n1. The Hall–Kier alpha value is -3.99. The van der Waals surface area contributed by atoms with E-state index < -0.39 is 6.17 Å². The lowest BCUT2D eigenvalue weighted by atomic mass is 10.0. The van der Waals surface area contributed by atoms with E-state index in [-0.39, 0.29) is 35.9 Å². The third kappa shape index (κ3) is 5.06. The van der Waals surface area contributed by atoms with Gasteiger partial charge in [-0.1, -0.05) is 18.7 Å². The number of nitrogens with one attached hydrogen (secondary N) is 2. The second-order valence-electron chi connectivity index (χ2n) is 10.7. The van der Waals surface area contributed by atoms with Gasteiger partial charge in [0.05, 0.1) is 29.5 Å². The van der Waals surface area contributed by atoms with Gasteiger partial charge < -0.3 is 24.6 Å². The number of carbonyl (C=O) groups excluding carboxylic acids is 1. The molecule has 0 saturated carbocycles. The van der Waals surface area contributed by atoms with Crippen molar-refractivity contribution in [1.29, 1.82) is 0 Å². The van der Waals surface area contributed by atoms with Crippen molar-refractivity contribution in [2.75, 3.05) is 25.5 Å². The van der Waals surface area contributed by atoms with Gasteiger partial charge in [0.25, 0.3) is 11.9 Å². The third-order valence-corrected chi connectivity index (χ3v) is 6.80. The van der Waals surface area contributed by atoms with E-state index in [1.54, 1.807) is 16.8 Å². The number of hydrogen-bond acceptors (Lipinski definition) is 7. The highest BCUT2D eigenvalue weighted by Gasteiger charge is 2.28. The number of piperidine rings is 1. The number of benzene rings is 1. The van der Waals surface area contributed by atoms with Gasteiger partial charge >= 0.3 is 0 Å². The first-order chi connectivity index (χ1) is 18.1. The van der Waals surface area contributed by atoms with Crippen LogP contribution in [0.2, 0.25) is 0 Å². The molecule has 1 aromatic carbocycles. The van der Waals surface area contributed by atoms with Crippen molar-refractivity contribution < 1.29 is 13.7 Å². The maximum absolute atomic E-state index is 14.7. The topological polar surface area (TPSA) is 106 Å². The first kappa shape index (κ1) is 25.7. The Morgan fingerprint density at radius 1 is 1.32 bits per heavy atom. The summed E-state index contributed by atoms with van der Waals surface area (Å²) >= 11 is 0. The van der Waals surface area contributed by atoms with Gasteiger partial charge in [-0.3, -0.25) is 4.79 Å². The minimum atomic E-state index is -0.980. The molecule has 200 valence electrons. The largest absolute Gasteiger partial charge is 0.377 e. The summed E-state index contributed by atoms with van der Waals surface area (Å²) in [6.45, 7) is 11.4. The lowest BCUT2D eigenvalue weighted by Gasteiger charge is -2.33. The van der Waals surface area contributed by atoms with Crippen LogP contribution in [0.5, 0.6) is 0 Å². The number of aromatic nitrogens is 5. The molecule has 1 aliphatic rings. The number of rotatable bonds is 7. The van der Waals surface area contributed by atoms with E-state index in [1.807, 2.05) is 47.1 Å². The van der Waals surface area contributed by atoms with Crippen LogP contribution in [0.25, 0.3) is 22.9 Å². The Kier molecular flexibility index (Phi) is 6.78. The minimum Gasteiger partial charge on any atom is -0.377 e. The van der Waals surface area contributed by atoms with Crippen LogP contribution < -0.4 is 10.6 Å². The van der Waals surface area contributed by atoms with E-state index in [1.165, 1.54) is 0 Å². The highest BCUT2D eigenvalue weighted by atomic mass is 19.1. The molecule has 0 radical (unpaired) electrons. The molecule has 0 bridgehead atoms. The molecule has 2 atom stereocenters. The van der Waals surface area contributed by atoms with Gasteiger partial charge in [0.1, 0.15) is 11.7 Å². The van der Waals surface area contributed by atoms with Crippen molar-refractivity contribution in [1.82, 2.24) is 34.7 Å². The lowest BCUT2D eigenvalue weighted by Crippen LogP contribution is -2.46. The van der Waals surface area contributed by atoms with Crippen molar-refractivity contribution in [2.24, 2.45) is 0 Å². The van der Waals surface area contributed by atoms with Crippen molar-refractivity contribution in [3.63, 3.8) is 0 Å². The maximum Gasteiger partial charge on any atom is 0.291 e. The molecule has 5 rings (SSSR count). The van der Waals surface area contributed by atoms with Gasteiger partial charge in [-0.15, -0.1) is 0 Å². The Bertz CT molecular complexity index is 1460. The van der Waals surface area contributed by atoms with Crippen LogP contribution in [0.4, 0.5) is 10.1 Å². The number of carbonyl (C=O) groups is 1. The molecule has 38 heavy (non-hydrogen) atoms. The van der Waals surface area contributed by atoms with E-state index in [0.29, 0.717) is 29.7 Å². The Morgan fingerprint density at radius 3 is 2.84 bits per heavy atom. The van der Waals surface area contributed by atoms with Crippen LogP contribution in [0, 0.1) is 0 Å². The zero-order valence-corrected chi connectivity index (χ0v) is 22.1. The predicted molar refractivity (Wildman–Crippen MR) is 144 cm³/mol. The van der Waals surface area contributed by atoms with Crippen LogP contribution in [0.15, 0.2) is 47.8 Å². The number of anilines is 1. The number of halogens is 1. The fourth-order valence-electron chi connectivity index (χ4n) is 4.62. The molecule has 11 heteroatoms. The number of nitrogens with zero attached hydrogens (tertiary/aromatic N) is 6. The van der Waals surface area contributed by atoms with Crippen LogP contribution in [-0.2, 0) is 12.1 Å². The van der Waals surface area contributed by atoms with Crippen molar-refractivity contribution in [3.8, 4) is 5.95 Å². The molecule has 0 unspecified atom stereocenters. The molecule has 1 amide bonds. The Labute approximate surface area is 220 Å². The van der Waals surface area contributed by atoms with Crippen LogP contribution in [0.1, 0.15) is 49.1 Å². The summed E-state index contributed by atoms with van der Waals surface area (Å²) in [7, 11) is 1.93. The molecule has 1 fully saturated rings. The maximum atomic E-state index is 14.7. The quantitative estimate of drug-likeness (QED) is 0.380. The molecule has 1 saturated heterocycles. The summed E-state index contributed by atoms with van der Waals surface area (Å²) in [6, 6.07) is 7.19. The zero-order chi connectivity index (χ0) is 27.0. The second-order valence-corrected chi connectivity index (χ2v) is 10.7. The molecule has 0 spiro atoms. The molecule has 4 aromatic rings. The standard InChI is InChI=1S/C27H33FN8O2/c1-6-22-18-8-7-9-21(30-20-11-12-34(5)16-19(20)28)24(18)32-36(22)26-31-23(38-33-26)14-29-25(37)17-10-13-35(15-17)27(2,3)4/h6-10,13,15,19-20,30H,1,11-12,14,16H2,2-5H3,(H,29,37)/t19-,20+/m0/s1. The number of alkyl halides is 1. The van der Waals surface area contributed by atoms with E-state index in [2.05, 4.69) is 48.1 Å². The predicted octanol–water partition coefficient (Wildman–Crippen LogP) is 3.99. The Balaban J connectivity index is 1.34. The van der Waals surface area contributed by atoms with Gasteiger partial charge in [0, 0.05) is 36.4 Å².